The third kappa shape index (κ3) is 5.77. The van der Waals surface area contributed by atoms with E-state index in [0.717, 1.165) is 27.5 Å². The second-order valence-corrected chi connectivity index (χ2v) is 8.72. The number of benzene rings is 2. The van der Waals surface area contributed by atoms with Gasteiger partial charge in [-0.1, -0.05) is 17.4 Å². The Morgan fingerprint density at radius 3 is 2.62 bits per heavy atom. The lowest BCUT2D eigenvalue weighted by Gasteiger charge is -2.32. The molecular formula is C23H22F3N3O4S. The third-order valence-corrected chi connectivity index (χ3v) is 6.40. The van der Waals surface area contributed by atoms with E-state index in [0.29, 0.717) is 38.1 Å². The van der Waals surface area contributed by atoms with Gasteiger partial charge in [-0.05, 0) is 56.2 Å². The highest BCUT2D eigenvalue weighted by Crippen LogP contribution is 2.31. The fourth-order valence-corrected chi connectivity index (χ4v) is 4.76. The Balaban J connectivity index is 1.35. The summed E-state index contributed by atoms with van der Waals surface area (Å²) < 4.78 is 47.1. The molecule has 1 aliphatic rings. The third-order valence-electron chi connectivity index (χ3n) is 5.32. The van der Waals surface area contributed by atoms with Crippen LogP contribution < -0.4 is 15.0 Å². The first kappa shape index (κ1) is 23.8. The van der Waals surface area contributed by atoms with E-state index in [-0.39, 0.29) is 17.6 Å². The van der Waals surface area contributed by atoms with Gasteiger partial charge in [0, 0.05) is 24.7 Å². The van der Waals surface area contributed by atoms with Crippen LogP contribution in [-0.4, -0.2) is 49.0 Å². The van der Waals surface area contributed by atoms with Crippen molar-refractivity contribution in [2.75, 3.05) is 24.6 Å². The van der Waals surface area contributed by atoms with Gasteiger partial charge in [-0.3, -0.25) is 4.79 Å². The highest BCUT2D eigenvalue weighted by atomic mass is 32.1. The molecule has 4 rings (SSSR count). The van der Waals surface area contributed by atoms with Gasteiger partial charge in [-0.15, -0.1) is 13.2 Å². The molecular weight excluding hydrogens is 471 g/mol. The summed E-state index contributed by atoms with van der Waals surface area (Å²) in [7, 11) is 0. The molecule has 1 amide bonds. The van der Waals surface area contributed by atoms with Gasteiger partial charge in [0.2, 0.25) is 0 Å². The van der Waals surface area contributed by atoms with Crippen LogP contribution >= 0.6 is 11.3 Å². The first-order chi connectivity index (χ1) is 16.2. The van der Waals surface area contributed by atoms with E-state index in [1.54, 1.807) is 25.1 Å². The molecule has 0 aliphatic carbocycles. The number of thiazole rings is 1. The average Bonchev–Trinajstić information content (AvgIpc) is 3.22. The smallest absolute Gasteiger partial charge is 0.462 e. The van der Waals surface area contributed by atoms with Crippen molar-refractivity contribution in [1.29, 1.82) is 0 Å². The average molecular weight is 494 g/mol. The number of anilines is 1. The van der Waals surface area contributed by atoms with Crippen LogP contribution in [0.5, 0.6) is 5.75 Å². The van der Waals surface area contributed by atoms with Crippen LogP contribution in [0, 0.1) is 0 Å². The van der Waals surface area contributed by atoms with Gasteiger partial charge < -0.3 is 19.7 Å². The lowest BCUT2D eigenvalue weighted by molar-refractivity contribution is -0.274. The summed E-state index contributed by atoms with van der Waals surface area (Å²) >= 11 is 1.49. The topological polar surface area (TPSA) is 80.8 Å². The van der Waals surface area contributed by atoms with Crippen molar-refractivity contribution in [2.24, 2.45) is 0 Å². The molecule has 2 aromatic carbocycles. The second-order valence-electron chi connectivity index (χ2n) is 7.71. The van der Waals surface area contributed by atoms with Crippen LogP contribution in [0.1, 0.15) is 40.5 Å². The van der Waals surface area contributed by atoms with Crippen molar-refractivity contribution in [3.8, 4) is 5.75 Å². The molecule has 2 heterocycles. The van der Waals surface area contributed by atoms with E-state index in [1.165, 1.54) is 23.5 Å². The minimum absolute atomic E-state index is 0.104. The summed E-state index contributed by atoms with van der Waals surface area (Å²) in [4.78, 5) is 31.3. The molecule has 3 aromatic rings. The fraction of sp³-hybridized carbons (Fsp3) is 0.348. The zero-order valence-electron chi connectivity index (χ0n) is 18.2. The van der Waals surface area contributed by atoms with E-state index in [1.807, 2.05) is 0 Å². The molecule has 1 aromatic heterocycles. The Morgan fingerprint density at radius 1 is 1.15 bits per heavy atom. The van der Waals surface area contributed by atoms with Crippen LogP contribution in [0.15, 0.2) is 42.5 Å². The van der Waals surface area contributed by atoms with Crippen molar-refractivity contribution in [1.82, 2.24) is 10.3 Å². The summed E-state index contributed by atoms with van der Waals surface area (Å²) in [6, 6.07) is 10.2. The number of aromatic nitrogens is 1. The van der Waals surface area contributed by atoms with Crippen LogP contribution in [-0.2, 0) is 4.74 Å². The first-order valence-electron chi connectivity index (χ1n) is 10.7. The molecule has 0 atom stereocenters. The van der Waals surface area contributed by atoms with Crippen molar-refractivity contribution in [3.05, 3.63) is 53.6 Å². The molecule has 11 heteroatoms. The molecule has 180 valence electrons. The number of hydrogen-bond donors (Lipinski definition) is 1. The van der Waals surface area contributed by atoms with Crippen LogP contribution in [0.2, 0.25) is 0 Å². The Bertz CT molecular complexity index is 1190. The summed E-state index contributed by atoms with van der Waals surface area (Å²) in [5, 5.41) is 3.72. The van der Waals surface area contributed by atoms with Gasteiger partial charge in [0.1, 0.15) is 5.75 Å². The lowest BCUT2D eigenvalue weighted by atomic mass is 10.0. The van der Waals surface area contributed by atoms with Gasteiger partial charge in [0.15, 0.2) is 5.13 Å². The molecule has 7 nitrogen and oxygen atoms in total. The molecule has 0 unspecified atom stereocenters. The first-order valence-corrected chi connectivity index (χ1v) is 11.5. The Labute approximate surface area is 197 Å². The van der Waals surface area contributed by atoms with E-state index in [4.69, 9.17) is 4.74 Å². The maximum absolute atomic E-state index is 12.5. The van der Waals surface area contributed by atoms with E-state index in [2.05, 4.69) is 19.9 Å². The van der Waals surface area contributed by atoms with E-state index < -0.39 is 18.0 Å². The molecule has 1 saturated heterocycles. The monoisotopic (exact) mass is 493 g/mol. The van der Waals surface area contributed by atoms with Gasteiger partial charge in [0.05, 0.1) is 22.4 Å². The number of nitrogens with zero attached hydrogens (tertiary/aromatic N) is 2. The SMILES string of the molecule is CCOC(=O)c1ccc2nc(N3CCC(NC(=O)c4cccc(OC(F)(F)F)c4)CC3)sc2c1. The summed E-state index contributed by atoms with van der Waals surface area (Å²) in [5.41, 5.74) is 1.38. The zero-order chi connectivity index (χ0) is 24.3. The predicted octanol–water partition coefficient (Wildman–Crippen LogP) is 4.77. The second kappa shape index (κ2) is 9.88. The number of amides is 1. The Morgan fingerprint density at radius 2 is 1.91 bits per heavy atom. The number of piperidine rings is 1. The maximum Gasteiger partial charge on any atom is 0.573 e. The fourth-order valence-electron chi connectivity index (χ4n) is 3.71. The van der Waals surface area contributed by atoms with Crippen LogP contribution in [0.4, 0.5) is 18.3 Å². The number of carbonyl (C=O) groups excluding carboxylic acids is 2. The number of hydrogen-bond acceptors (Lipinski definition) is 7. The molecule has 0 saturated carbocycles. The molecule has 34 heavy (non-hydrogen) atoms. The van der Waals surface area contributed by atoms with E-state index in [9.17, 15) is 22.8 Å². The zero-order valence-corrected chi connectivity index (χ0v) is 19.0. The van der Waals surface area contributed by atoms with Gasteiger partial charge in [0.25, 0.3) is 5.91 Å². The lowest BCUT2D eigenvalue weighted by Crippen LogP contribution is -2.44. The molecule has 1 aliphatic heterocycles. The van der Waals surface area contributed by atoms with Gasteiger partial charge >= 0.3 is 12.3 Å². The Kier molecular flexibility index (Phi) is 6.92. The predicted molar refractivity (Wildman–Crippen MR) is 121 cm³/mol. The van der Waals surface area contributed by atoms with Gasteiger partial charge in [-0.25, -0.2) is 9.78 Å². The molecule has 0 spiro atoms. The molecule has 0 radical (unpaired) electrons. The number of rotatable bonds is 6. The van der Waals surface area contributed by atoms with Crippen molar-refractivity contribution in [3.63, 3.8) is 0 Å². The van der Waals surface area contributed by atoms with Crippen LogP contribution in [0.25, 0.3) is 10.2 Å². The van der Waals surface area contributed by atoms with Crippen molar-refractivity contribution in [2.45, 2.75) is 32.2 Å². The van der Waals surface area contributed by atoms with Crippen molar-refractivity contribution >= 4 is 38.6 Å². The number of esters is 1. The highest BCUT2D eigenvalue weighted by molar-refractivity contribution is 7.22. The number of nitrogens with one attached hydrogen (secondary N) is 1. The molecule has 1 N–H and O–H groups in total. The summed E-state index contributed by atoms with van der Waals surface area (Å²) in [5.74, 6) is -1.25. The number of ether oxygens (including phenoxy) is 2. The Hall–Kier alpha value is -3.34. The molecule has 1 fully saturated rings. The minimum atomic E-state index is -4.82. The molecule has 0 bridgehead atoms. The van der Waals surface area contributed by atoms with Gasteiger partial charge in [-0.2, -0.15) is 0 Å². The minimum Gasteiger partial charge on any atom is -0.462 e. The van der Waals surface area contributed by atoms with Crippen LogP contribution in [0.3, 0.4) is 0 Å². The number of fused-ring (bicyclic) bond motifs is 1. The number of carbonyl (C=O) groups is 2. The summed E-state index contributed by atoms with van der Waals surface area (Å²) in [6.07, 6.45) is -3.49. The van der Waals surface area contributed by atoms with E-state index >= 15 is 0 Å². The summed E-state index contributed by atoms with van der Waals surface area (Å²) in [6.45, 7) is 3.38. The highest BCUT2D eigenvalue weighted by Gasteiger charge is 2.31. The normalized spacial score (nSPS) is 14.8. The largest absolute Gasteiger partial charge is 0.573 e. The quantitative estimate of drug-likeness (QED) is 0.499. The number of alkyl halides is 3. The maximum atomic E-state index is 12.5. The van der Waals surface area contributed by atoms with Crippen molar-refractivity contribution < 1.29 is 32.2 Å². The standard InChI is InChI=1S/C23H22F3N3O4S/c1-2-32-21(31)15-6-7-18-19(13-15)34-22(28-18)29-10-8-16(9-11-29)27-20(30)14-4-3-5-17(12-14)33-23(24,25)26/h3-7,12-13,16H,2,8-11H2,1H3,(H,27,30). The number of halogens is 3.